The van der Waals surface area contributed by atoms with Gasteiger partial charge in [-0.2, -0.15) is 0 Å². The molecule has 0 N–H and O–H groups in total. The van der Waals surface area contributed by atoms with Gasteiger partial charge < -0.3 is 14.1 Å². The molecule has 0 aliphatic rings. The first-order valence-corrected chi connectivity index (χ1v) is 9.21. The monoisotopic (exact) mass is 371 g/mol. The number of methoxy groups -OCH3 is 1. The summed E-state index contributed by atoms with van der Waals surface area (Å²) in [5.41, 5.74) is 0.942. The summed E-state index contributed by atoms with van der Waals surface area (Å²) >= 11 is 1.64. The number of rotatable bonds is 8. The lowest BCUT2D eigenvalue weighted by Gasteiger charge is -2.15. The van der Waals surface area contributed by atoms with Crippen LogP contribution in [0.3, 0.4) is 0 Å². The van der Waals surface area contributed by atoms with Gasteiger partial charge in [0.15, 0.2) is 6.10 Å². The molecule has 0 spiro atoms. The van der Waals surface area contributed by atoms with Crippen LogP contribution in [-0.4, -0.2) is 35.2 Å². The van der Waals surface area contributed by atoms with Crippen LogP contribution in [0.15, 0.2) is 52.3 Å². The molecule has 0 radical (unpaired) electrons. The summed E-state index contributed by atoms with van der Waals surface area (Å²) in [6.45, 7) is 0.616. The molecule has 3 aromatic rings. The summed E-state index contributed by atoms with van der Waals surface area (Å²) in [7, 11) is 3.41. The van der Waals surface area contributed by atoms with Crippen molar-refractivity contribution in [2.24, 2.45) is 0 Å². The van der Waals surface area contributed by atoms with Gasteiger partial charge in [-0.05, 0) is 17.0 Å². The molecule has 2 heterocycles. The highest BCUT2D eigenvalue weighted by atomic mass is 32.1. The third-order valence-electron chi connectivity index (χ3n) is 4.00. The Kier molecular flexibility index (Phi) is 6.14. The van der Waals surface area contributed by atoms with E-state index < -0.39 is 6.10 Å². The Morgan fingerprint density at radius 1 is 1.23 bits per heavy atom. The number of hydrogen-bond acceptors (Lipinski definition) is 6. The van der Waals surface area contributed by atoms with E-state index in [1.807, 2.05) is 47.8 Å². The highest BCUT2D eigenvalue weighted by Crippen LogP contribution is 2.24. The third kappa shape index (κ3) is 4.56. The smallest absolute Gasteiger partial charge is 0.249 e. The van der Waals surface area contributed by atoms with Crippen LogP contribution in [0.5, 0.6) is 0 Å². The molecule has 3 rings (SSSR count). The van der Waals surface area contributed by atoms with E-state index in [1.165, 1.54) is 0 Å². The van der Waals surface area contributed by atoms with Crippen LogP contribution in [0.2, 0.25) is 0 Å². The summed E-state index contributed by atoms with van der Waals surface area (Å²) in [4.78, 5) is 15.1. The molecule has 7 heteroatoms. The molecule has 0 bridgehead atoms. The number of aryl methyl sites for hydroxylation is 1. The summed E-state index contributed by atoms with van der Waals surface area (Å²) in [5.74, 6) is 0.883. The van der Waals surface area contributed by atoms with Crippen molar-refractivity contribution in [3.63, 3.8) is 0 Å². The van der Waals surface area contributed by atoms with Crippen molar-refractivity contribution in [3.05, 3.63) is 70.1 Å². The van der Waals surface area contributed by atoms with Crippen LogP contribution in [0.4, 0.5) is 0 Å². The van der Waals surface area contributed by atoms with Crippen molar-refractivity contribution in [1.82, 2.24) is 15.1 Å². The van der Waals surface area contributed by atoms with Gasteiger partial charge in [0, 0.05) is 31.9 Å². The highest BCUT2D eigenvalue weighted by Gasteiger charge is 2.20. The maximum absolute atomic E-state index is 12.3. The molecule has 0 unspecified atom stereocenters. The van der Waals surface area contributed by atoms with Gasteiger partial charge in [-0.3, -0.25) is 4.79 Å². The maximum atomic E-state index is 12.3. The van der Waals surface area contributed by atoms with Gasteiger partial charge in [-0.15, -0.1) is 21.5 Å². The molecular formula is C19H21N3O3S. The van der Waals surface area contributed by atoms with Gasteiger partial charge >= 0.3 is 0 Å². The van der Waals surface area contributed by atoms with Crippen LogP contribution in [-0.2, 0) is 22.5 Å². The van der Waals surface area contributed by atoms with E-state index in [0.717, 1.165) is 10.4 Å². The van der Waals surface area contributed by atoms with Gasteiger partial charge in [-0.25, -0.2) is 0 Å². The van der Waals surface area contributed by atoms with E-state index in [2.05, 4.69) is 10.2 Å². The topological polar surface area (TPSA) is 68.5 Å². The standard InChI is InChI=1S/C19H21N3O3S/c1-22(13-15-9-6-12-26-15)17(23)11-10-16-20-21-19(25-16)18(24-2)14-7-4-3-5-8-14/h3-9,12,18H,10-11,13H2,1-2H3/t18-/m1/s1. The Labute approximate surface area is 156 Å². The van der Waals surface area contributed by atoms with Gasteiger partial charge in [0.2, 0.25) is 17.7 Å². The second-order valence-electron chi connectivity index (χ2n) is 5.89. The third-order valence-corrected chi connectivity index (χ3v) is 4.86. The zero-order valence-electron chi connectivity index (χ0n) is 14.8. The molecule has 0 saturated carbocycles. The van der Waals surface area contributed by atoms with Crippen LogP contribution >= 0.6 is 11.3 Å². The zero-order valence-corrected chi connectivity index (χ0v) is 15.6. The number of amides is 1. The first-order valence-electron chi connectivity index (χ1n) is 8.33. The Bertz CT molecular complexity index is 818. The van der Waals surface area contributed by atoms with Gasteiger partial charge in [0.1, 0.15) is 0 Å². The van der Waals surface area contributed by atoms with E-state index >= 15 is 0 Å². The Hall–Kier alpha value is -2.51. The molecule has 0 aliphatic heterocycles. The normalized spacial score (nSPS) is 12.1. The number of aromatic nitrogens is 2. The Morgan fingerprint density at radius 3 is 2.73 bits per heavy atom. The SMILES string of the molecule is CO[C@H](c1ccccc1)c1nnc(CCC(=O)N(C)Cc2cccs2)o1. The second-order valence-corrected chi connectivity index (χ2v) is 6.92. The lowest BCUT2D eigenvalue weighted by molar-refractivity contribution is -0.130. The first-order chi connectivity index (χ1) is 12.7. The van der Waals surface area contributed by atoms with Gasteiger partial charge in [-0.1, -0.05) is 36.4 Å². The van der Waals surface area contributed by atoms with Crippen LogP contribution < -0.4 is 0 Å². The Morgan fingerprint density at radius 2 is 2.04 bits per heavy atom. The average molecular weight is 371 g/mol. The lowest BCUT2D eigenvalue weighted by Crippen LogP contribution is -2.26. The van der Waals surface area contributed by atoms with Crippen molar-refractivity contribution >= 4 is 17.2 Å². The molecule has 2 aromatic heterocycles. The fourth-order valence-corrected chi connectivity index (χ4v) is 3.37. The maximum Gasteiger partial charge on any atom is 0.249 e. The van der Waals surface area contributed by atoms with Crippen LogP contribution in [0, 0.1) is 0 Å². The van der Waals surface area contributed by atoms with Crippen LogP contribution in [0.1, 0.15) is 34.7 Å². The van der Waals surface area contributed by atoms with Crippen molar-refractivity contribution < 1.29 is 13.9 Å². The fourth-order valence-electron chi connectivity index (χ4n) is 2.61. The van der Waals surface area contributed by atoms with Crippen molar-refractivity contribution in [2.45, 2.75) is 25.5 Å². The van der Waals surface area contributed by atoms with E-state index in [1.54, 1.807) is 30.4 Å². The number of carbonyl (C=O) groups excluding carboxylic acids is 1. The minimum absolute atomic E-state index is 0.0458. The number of benzene rings is 1. The van der Waals surface area contributed by atoms with E-state index in [9.17, 15) is 4.79 Å². The predicted molar refractivity (Wildman–Crippen MR) is 98.7 cm³/mol. The number of carbonyl (C=O) groups is 1. The molecule has 136 valence electrons. The molecule has 1 aromatic carbocycles. The lowest BCUT2D eigenvalue weighted by atomic mass is 10.1. The van der Waals surface area contributed by atoms with Crippen molar-refractivity contribution in [1.29, 1.82) is 0 Å². The van der Waals surface area contributed by atoms with Crippen LogP contribution in [0.25, 0.3) is 0 Å². The summed E-state index contributed by atoms with van der Waals surface area (Å²) in [6, 6.07) is 13.7. The van der Waals surface area contributed by atoms with Crippen molar-refractivity contribution in [2.75, 3.05) is 14.2 Å². The minimum Gasteiger partial charge on any atom is -0.422 e. The summed E-state index contributed by atoms with van der Waals surface area (Å²) in [5, 5.41) is 10.1. The van der Waals surface area contributed by atoms with Gasteiger partial charge in [0.25, 0.3) is 0 Å². The number of nitrogens with zero attached hydrogens (tertiary/aromatic N) is 3. The molecule has 0 saturated heterocycles. The second kappa shape index (κ2) is 8.73. The van der Waals surface area contributed by atoms with E-state index in [0.29, 0.717) is 31.2 Å². The largest absolute Gasteiger partial charge is 0.422 e. The minimum atomic E-state index is -0.408. The number of ether oxygens (including phenoxy) is 1. The molecular weight excluding hydrogens is 350 g/mol. The van der Waals surface area contributed by atoms with E-state index in [-0.39, 0.29) is 5.91 Å². The quantitative estimate of drug-likeness (QED) is 0.607. The molecule has 26 heavy (non-hydrogen) atoms. The molecule has 1 amide bonds. The zero-order chi connectivity index (χ0) is 18.4. The molecule has 1 atom stereocenters. The van der Waals surface area contributed by atoms with Gasteiger partial charge in [0.05, 0.1) is 6.54 Å². The number of thiophene rings is 1. The molecule has 0 fully saturated rings. The first kappa shape index (κ1) is 18.3. The average Bonchev–Trinajstić information content (AvgIpc) is 3.33. The number of hydrogen-bond donors (Lipinski definition) is 0. The molecule has 6 nitrogen and oxygen atoms in total. The Balaban J connectivity index is 1.57. The summed E-state index contributed by atoms with van der Waals surface area (Å²) in [6.07, 6.45) is 0.327. The van der Waals surface area contributed by atoms with Crippen molar-refractivity contribution in [3.8, 4) is 0 Å². The predicted octanol–water partition coefficient (Wildman–Crippen LogP) is 3.46. The van der Waals surface area contributed by atoms with E-state index in [4.69, 9.17) is 9.15 Å². The summed E-state index contributed by atoms with van der Waals surface area (Å²) < 4.78 is 11.2. The molecule has 0 aliphatic carbocycles. The fraction of sp³-hybridized carbons (Fsp3) is 0.316. The highest BCUT2D eigenvalue weighted by molar-refractivity contribution is 7.09.